The molecular weight excluding hydrogens is 514 g/mol. The molecule has 2 aliphatic carbocycles. The van der Waals surface area contributed by atoms with Gasteiger partial charge in [-0.3, -0.25) is 4.79 Å². The number of benzene rings is 1. The van der Waals surface area contributed by atoms with E-state index in [4.69, 9.17) is 4.74 Å². The fourth-order valence-electron chi connectivity index (χ4n) is 5.03. The first kappa shape index (κ1) is 28.4. The first-order valence-electron chi connectivity index (χ1n) is 13.2. The van der Waals surface area contributed by atoms with E-state index in [0.717, 1.165) is 18.4 Å². The number of rotatable bonds is 9. The van der Waals surface area contributed by atoms with Gasteiger partial charge in [-0.2, -0.15) is 23.4 Å². The molecule has 0 aromatic heterocycles. The molecule has 0 radical (unpaired) electrons. The number of allylic oxidation sites excluding steroid dienone is 2. The predicted octanol–water partition coefficient (Wildman–Crippen LogP) is 7.30. The van der Waals surface area contributed by atoms with Gasteiger partial charge in [0.1, 0.15) is 0 Å². The number of carbonyl (C=O) groups is 1. The zero-order valence-corrected chi connectivity index (χ0v) is 23.2. The third-order valence-corrected chi connectivity index (χ3v) is 8.96. The molecular formula is C28H35F4N3O2Si. The van der Waals surface area contributed by atoms with E-state index < -0.39 is 26.5 Å². The van der Waals surface area contributed by atoms with Gasteiger partial charge in [0, 0.05) is 37.9 Å². The first-order valence-corrected chi connectivity index (χ1v) is 16.9. The number of alkyl halides is 4. The minimum absolute atomic E-state index is 0.0979. The topological polar surface area (TPSA) is 54.3 Å². The van der Waals surface area contributed by atoms with Crippen LogP contribution in [0.15, 0.2) is 57.4 Å². The Balaban J connectivity index is 1.65. The molecule has 5 nitrogen and oxygen atoms in total. The highest BCUT2D eigenvalue weighted by Gasteiger charge is 2.45. The molecule has 0 spiro atoms. The van der Waals surface area contributed by atoms with Gasteiger partial charge in [0.15, 0.2) is 0 Å². The zero-order chi connectivity index (χ0) is 27.5. The van der Waals surface area contributed by atoms with Crippen molar-refractivity contribution >= 4 is 25.9 Å². The summed E-state index contributed by atoms with van der Waals surface area (Å²) in [5.41, 5.74) is 2.39. The lowest BCUT2D eigenvalue weighted by Crippen LogP contribution is -2.42. The van der Waals surface area contributed by atoms with E-state index in [0.29, 0.717) is 33.7 Å². The van der Waals surface area contributed by atoms with Gasteiger partial charge in [0.05, 0.1) is 18.5 Å². The van der Waals surface area contributed by atoms with Crippen LogP contribution in [0, 0.1) is 0 Å². The molecule has 1 aliphatic heterocycles. The highest BCUT2D eigenvalue weighted by molar-refractivity contribution is 6.76. The van der Waals surface area contributed by atoms with Crippen LogP contribution >= 0.6 is 0 Å². The molecule has 10 heteroatoms. The van der Waals surface area contributed by atoms with E-state index in [2.05, 4.69) is 29.8 Å². The second kappa shape index (κ2) is 11.7. The van der Waals surface area contributed by atoms with Crippen LogP contribution < -0.4 is 0 Å². The molecule has 3 aliphatic rings. The van der Waals surface area contributed by atoms with Crippen LogP contribution in [0.1, 0.15) is 55.6 Å². The summed E-state index contributed by atoms with van der Waals surface area (Å²) in [5.74, 6) is -1.60. The maximum Gasteiger partial charge on any atom is 0.471 e. The van der Waals surface area contributed by atoms with E-state index >= 15 is 4.39 Å². The van der Waals surface area contributed by atoms with Gasteiger partial charge in [-0.05, 0) is 42.0 Å². The monoisotopic (exact) mass is 549 g/mol. The van der Waals surface area contributed by atoms with E-state index in [1.54, 1.807) is 12.1 Å². The maximum absolute atomic E-state index is 15.5. The fourth-order valence-corrected chi connectivity index (χ4v) is 5.76. The Morgan fingerprint density at radius 2 is 1.82 bits per heavy atom. The summed E-state index contributed by atoms with van der Waals surface area (Å²) < 4.78 is 62.3. The van der Waals surface area contributed by atoms with Crippen molar-refractivity contribution in [1.82, 2.24) is 4.90 Å². The van der Waals surface area contributed by atoms with Gasteiger partial charge in [-0.1, -0.05) is 63.2 Å². The summed E-state index contributed by atoms with van der Waals surface area (Å²) in [4.78, 5) is 13.3. The van der Waals surface area contributed by atoms with E-state index in [-0.39, 0.29) is 30.8 Å². The molecule has 0 N–H and O–H groups in total. The highest BCUT2D eigenvalue weighted by Crippen LogP contribution is 2.35. The van der Waals surface area contributed by atoms with E-state index in [9.17, 15) is 18.0 Å². The van der Waals surface area contributed by atoms with Crippen LogP contribution in [0.5, 0.6) is 0 Å². The Bertz CT molecular complexity index is 1140. The van der Waals surface area contributed by atoms with Gasteiger partial charge in [-0.15, -0.1) is 0 Å². The van der Waals surface area contributed by atoms with Crippen LogP contribution in [0.4, 0.5) is 17.6 Å². The number of carbonyl (C=O) groups excluding carboxylic acids is 1. The lowest BCUT2D eigenvalue weighted by atomic mass is 9.84. The average Bonchev–Trinajstić information content (AvgIpc) is 3.33. The molecule has 1 amide bonds. The van der Waals surface area contributed by atoms with Crippen LogP contribution in [0.3, 0.4) is 0 Å². The van der Waals surface area contributed by atoms with Crippen molar-refractivity contribution in [3.05, 3.63) is 58.3 Å². The number of hydrogen-bond donors (Lipinski definition) is 0. The van der Waals surface area contributed by atoms with Crippen molar-refractivity contribution in [2.24, 2.45) is 10.2 Å². The van der Waals surface area contributed by atoms with Gasteiger partial charge in [0.25, 0.3) is 0 Å². The summed E-state index contributed by atoms with van der Waals surface area (Å²) >= 11 is 0. The molecule has 1 heterocycles. The van der Waals surface area contributed by atoms with E-state index in [1.807, 2.05) is 12.1 Å². The molecule has 1 saturated carbocycles. The number of nitrogens with zero attached hydrogens (tertiary/aromatic N) is 3. The lowest BCUT2D eigenvalue weighted by Gasteiger charge is -2.31. The van der Waals surface area contributed by atoms with Crippen LogP contribution in [0.25, 0.3) is 0 Å². The lowest BCUT2D eigenvalue weighted by molar-refractivity contribution is -0.184. The minimum Gasteiger partial charge on any atom is -0.345 e. The van der Waals surface area contributed by atoms with Crippen molar-refractivity contribution in [2.45, 2.75) is 89.2 Å². The SMILES string of the molecule is C[Si](C)(C)CCOC(F)C1=C(N(Cc2ccc(C3CCCCC3)cc2)C(=O)C(F)(F)F)CC2=NN=CC2=C1. The van der Waals surface area contributed by atoms with Crippen molar-refractivity contribution < 1.29 is 27.1 Å². The number of halogens is 4. The molecule has 1 fully saturated rings. The molecule has 0 saturated heterocycles. The Hall–Kier alpha value is -2.59. The molecule has 1 unspecified atom stereocenters. The molecule has 206 valence electrons. The largest absolute Gasteiger partial charge is 0.471 e. The normalized spacial score (nSPS) is 19.2. The third kappa shape index (κ3) is 7.08. The standard InChI is InChI=1S/C28H35F4N3O2Si/c1-38(2,3)14-13-37-26(29)23-15-22-17-33-34-24(22)16-25(23)35(27(36)28(30,31)32)18-19-9-11-21(12-10-19)20-7-5-4-6-8-20/h9-12,15,17,20,26H,4-8,13-14,16,18H2,1-3H3. The van der Waals surface area contributed by atoms with Crippen LogP contribution in [-0.4, -0.2) is 49.9 Å². The minimum atomic E-state index is -5.14. The summed E-state index contributed by atoms with van der Waals surface area (Å²) in [6.07, 6.45) is 1.33. The molecule has 1 aromatic carbocycles. The van der Waals surface area contributed by atoms with Gasteiger partial charge in [0.2, 0.25) is 6.36 Å². The molecule has 1 aromatic rings. The van der Waals surface area contributed by atoms with Crippen molar-refractivity contribution in [2.75, 3.05) is 6.61 Å². The molecule has 0 bridgehead atoms. The second-order valence-electron chi connectivity index (χ2n) is 11.4. The molecule has 1 atom stereocenters. The van der Waals surface area contributed by atoms with E-state index in [1.165, 1.54) is 31.6 Å². The quantitative estimate of drug-likeness (QED) is 0.240. The predicted molar refractivity (Wildman–Crippen MR) is 144 cm³/mol. The third-order valence-electron chi connectivity index (χ3n) is 7.26. The average molecular weight is 550 g/mol. The summed E-state index contributed by atoms with van der Waals surface area (Å²) in [6, 6.07) is 8.08. The smallest absolute Gasteiger partial charge is 0.345 e. The number of ether oxygens (including phenoxy) is 1. The summed E-state index contributed by atoms with van der Waals surface area (Å²) in [7, 11) is -1.52. The van der Waals surface area contributed by atoms with Gasteiger partial charge < -0.3 is 9.64 Å². The summed E-state index contributed by atoms with van der Waals surface area (Å²) in [5, 5.41) is 7.80. The Morgan fingerprint density at radius 3 is 2.45 bits per heavy atom. The zero-order valence-electron chi connectivity index (χ0n) is 22.2. The number of amides is 1. The number of fused-ring (bicyclic) bond motifs is 1. The molecule has 4 rings (SSSR count). The van der Waals surface area contributed by atoms with Crippen molar-refractivity contribution in [1.29, 1.82) is 0 Å². The van der Waals surface area contributed by atoms with Gasteiger partial charge in [-0.25, -0.2) is 4.39 Å². The Kier molecular flexibility index (Phi) is 8.71. The Labute approximate surface area is 222 Å². The second-order valence-corrected chi connectivity index (χ2v) is 17.1. The fraction of sp³-hybridized carbons (Fsp3) is 0.536. The number of hydrogen-bond acceptors (Lipinski definition) is 4. The highest BCUT2D eigenvalue weighted by atomic mass is 28.3. The van der Waals surface area contributed by atoms with Crippen molar-refractivity contribution in [3.8, 4) is 0 Å². The van der Waals surface area contributed by atoms with Gasteiger partial charge >= 0.3 is 12.1 Å². The maximum atomic E-state index is 15.5. The Morgan fingerprint density at radius 1 is 1.13 bits per heavy atom. The first-order chi connectivity index (χ1) is 17.9. The van der Waals surface area contributed by atoms with Crippen LogP contribution in [-0.2, 0) is 16.1 Å². The summed E-state index contributed by atoms with van der Waals surface area (Å²) in [6.45, 7) is 6.16. The van der Waals surface area contributed by atoms with Crippen molar-refractivity contribution in [3.63, 3.8) is 0 Å². The molecule has 38 heavy (non-hydrogen) atoms. The van der Waals surface area contributed by atoms with Crippen LogP contribution in [0.2, 0.25) is 25.7 Å².